The average Bonchev–Trinajstić information content (AvgIpc) is 3.10. The number of likely N-dealkylation sites (tertiary alicyclic amines) is 1. The van der Waals surface area contributed by atoms with Gasteiger partial charge < -0.3 is 10.6 Å². The van der Waals surface area contributed by atoms with Crippen molar-refractivity contribution in [1.29, 1.82) is 0 Å². The predicted octanol–water partition coefficient (Wildman–Crippen LogP) is 6.05. The van der Waals surface area contributed by atoms with Crippen LogP contribution < -0.4 is 16.0 Å². The second-order valence-corrected chi connectivity index (χ2v) is 15.2. The topological polar surface area (TPSA) is 56.4 Å². The summed E-state index contributed by atoms with van der Waals surface area (Å²) in [7, 11) is 0. The minimum absolute atomic E-state index is 0. The molecule has 5 nitrogen and oxygen atoms in total. The highest BCUT2D eigenvalue weighted by atomic mass is 35.5. The maximum absolute atomic E-state index is 13.6. The third kappa shape index (κ3) is 9.09. The van der Waals surface area contributed by atoms with Crippen molar-refractivity contribution in [2.45, 2.75) is 120 Å². The Morgan fingerprint density at radius 1 is 1.08 bits per heavy atom. The summed E-state index contributed by atoms with van der Waals surface area (Å²) in [6, 6.07) is 10.7. The summed E-state index contributed by atoms with van der Waals surface area (Å²) in [6.07, 6.45) is 10.6. The van der Waals surface area contributed by atoms with Crippen LogP contribution in [0, 0.1) is 5.92 Å². The predicted molar refractivity (Wildman–Crippen MR) is 168 cm³/mol. The molecule has 1 aliphatic carbocycles. The monoisotopic (exact) mass is 580 g/mol. The molecule has 1 aromatic carbocycles. The van der Waals surface area contributed by atoms with E-state index >= 15 is 0 Å². The summed E-state index contributed by atoms with van der Waals surface area (Å²) in [5, 5.41) is 10.7. The van der Waals surface area contributed by atoms with Gasteiger partial charge in [-0.3, -0.25) is 15.0 Å². The Kier molecular flexibility index (Phi) is 11.8. The lowest BCUT2D eigenvalue weighted by Crippen LogP contribution is -2.57. The Labute approximate surface area is 246 Å². The number of nitrogens with zero attached hydrogens (tertiary/aromatic N) is 1. The lowest BCUT2D eigenvalue weighted by atomic mass is 9.85. The zero-order chi connectivity index (χ0) is 26.5. The quantitative estimate of drug-likeness (QED) is 0.309. The van der Waals surface area contributed by atoms with Crippen LogP contribution in [-0.2, 0) is 11.3 Å². The first-order chi connectivity index (χ1) is 17.6. The molecule has 0 spiro atoms. The van der Waals surface area contributed by atoms with Crippen LogP contribution >= 0.6 is 36.4 Å². The van der Waals surface area contributed by atoms with Crippen molar-refractivity contribution >= 4 is 47.3 Å². The van der Waals surface area contributed by atoms with E-state index in [0.29, 0.717) is 0 Å². The summed E-state index contributed by atoms with van der Waals surface area (Å²) in [5.41, 5.74) is 1.36. The molecule has 3 fully saturated rings. The van der Waals surface area contributed by atoms with Gasteiger partial charge in [-0.05, 0) is 64.9 Å². The van der Waals surface area contributed by atoms with Gasteiger partial charge in [-0.15, -0.1) is 24.2 Å². The fourth-order valence-electron chi connectivity index (χ4n) is 6.43. The number of nitrogens with one attached hydrogen (secondary N) is 3. The lowest BCUT2D eigenvalue weighted by molar-refractivity contribution is -0.124. The number of hydrogen-bond acceptors (Lipinski definition) is 5. The van der Waals surface area contributed by atoms with Crippen molar-refractivity contribution < 1.29 is 4.79 Å². The summed E-state index contributed by atoms with van der Waals surface area (Å²) in [5.74, 6) is 0.874. The number of hydrogen-bond donors (Lipinski definition) is 3. The second kappa shape index (κ2) is 14.2. The number of carbonyl (C=O) groups excluding carboxylic acids is 1. The largest absolute Gasteiger partial charge is 0.367 e. The van der Waals surface area contributed by atoms with Gasteiger partial charge in [-0.25, -0.2) is 0 Å². The SMILES string of the molecule is CC1(C)N[C@@H](C(=S)N[C@H](CCC2CCCCC2)C(=O)NC2CCN(Cc3ccccc3)CC2)C(C)(C)S1.Cl. The number of halogens is 1. The zero-order valence-electron chi connectivity index (χ0n) is 23.8. The first-order valence-corrected chi connectivity index (χ1v) is 15.7. The van der Waals surface area contributed by atoms with Gasteiger partial charge in [-0.2, -0.15) is 0 Å². The lowest BCUT2D eigenvalue weighted by Gasteiger charge is -2.34. The summed E-state index contributed by atoms with van der Waals surface area (Å²) in [4.78, 5) is 16.9. The Morgan fingerprint density at radius 2 is 1.74 bits per heavy atom. The molecule has 0 unspecified atom stereocenters. The van der Waals surface area contributed by atoms with E-state index in [1.165, 1.54) is 37.7 Å². The molecule has 1 amide bonds. The van der Waals surface area contributed by atoms with Gasteiger partial charge in [0.1, 0.15) is 6.04 Å². The first kappa shape index (κ1) is 31.7. The number of rotatable bonds is 9. The van der Waals surface area contributed by atoms with Crippen LogP contribution in [0.5, 0.6) is 0 Å². The minimum atomic E-state index is -0.261. The van der Waals surface area contributed by atoms with Crippen LogP contribution in [0.1, 0.15) is 91.0 Å². The number of carbonyl (C=O) groups is 1. The summed E-state index contributed by atoms with van der Waals surface area (Å²) >= 11 is 7.86. The van der Waals surface area contributed by atoms with E-state index in [4.69, 9.17) is 12.2 Å². The van der Waals surface area contributed by atoms with E-state index in [1.54, 1.807) is 0 Å². The van der Waals surface area contributed by atoms with E-state index in [2.05, 4.69) is 78.9 Å². The van der Waals surface area contributed by atoms with Crippen LogP contribution in [0.2, 0.25) is 0 Å². The Morgan fingerprint density at radius 3 is 2.34 bits per heavy atom. The van der Waals surface area contributed by atoms with Crippen LogP contribution in [0.4, 0.5) is 0 Å². The Bertz CT molecular complexity index is 899. The number of thiocarbonyl (C=S) groups is 1. The molecule has 0 aromatic heterocycles. The van der Waals surface area contributed by atoms with Crippen molar-refractivity contribution in [3.63, 3.8) is 0 Å². The van der Waals surface area contributed by atoms with Gasteiger partial charge in [0, 0.05) is 30.4 Å². The first-order valence-electron chi connectivity index (χ1n) is 14.5. The van der Waals surface area contributed by atoms with Crippen LogP contribution in [0.25, 0.3) is 0 Å². The van der Waals surface area contributed by atoms with Crippen molar-refractivity contribution in [1.82, 2.24) is 20.9 Å². The van der Waals surface area contributed by atoms with Gasteiger partial charge in [-0.1, -0.05) is 74.7 Å². The van der Waals surface area contributed by atoms with Crippen molar-refractivity contribution in [3.05, 3.63) is 35.9 Å². The third-order valence-electron chi connectivity index (χ3n) is 8.37. The molecule has 4 rings (SSSR count). The van der Waals surface area contributed by atoms with Crippen molar-refractivity contribution in [2.75, 3.05) is 13.1 Å². The molecule has 38 heavy (non-hydrogen) atoms. The number of thioether (sulfide) groups is 1. The van der Waals surface area contributed by atoms with Crippen LogP contribution in [-0.4, -0.2) is 56.6 Å². The van der Waals surface area contributed by atoms with E-state index in [1.807, 2.05) is 11.8 Å². The normalized spacial score (nSPS) is 24.8. The fourth-order valence-corrected chi connectivity index (χ4v) is 8.79. The van der Waals surface area contributed by atoms with Crippen LogP contribution in [0.15, 0.2) is 30.3 Å². The molecule has 2 saturated heterocycles. The molecule has 0 radical (unpaired) electrons. The zero-order valence-corrected chi connectivity index (χ0v) is 26.2. The molecular formula is C30H49ClN4OS2. The molecule has 214 valence electrons. The van der Waals surface area contributed by atoms with Gasteiger partial charge in [0.15, 0.2) is 0 Å². The maximum atomic E-state index is 13.6. The molecule has 1 aromatic rings. The Balaban J connectivity index is 0.00000400. The molecule has 2 heterocycles. The molecular weight excluding hydrogens is 532 g/mol. The maximum Gasteiger partial charge on any atom is 0.242 e. The molecule has 2 aliphatic heterocycles. The summed E-state index contributed by atoms with van der Waals surface area (Å²) < 4.78 is -0.0242. The second-order valence-electron chi connectivity index (χ2n) is 12.5. The molecule has 8 heteroatoms. The third-order valence-corrected chi connectivity index (χ3v) is 10.1. The van der Waals surface area contributed by atoms with Gasteiger partial charge in [0.05, 0.1) is 15.9 Å². The molecule has 3 N–H and O–H groups in total. The van der Waals surface area contributed by atoms with Gasteiger partial charge in [0.2, 0.25) is 5.91 Å². The molecule has 1 saturated carbocycles. The number of amides is 1. The van der Waals surface area contributed by atoms with E-state index in [0.717, 1.165) is 56.2 Å². The standard InChI is InChI=1S/C30H48N4OS2.ClH/c1-29(2)26(33-30(3,4)37-29)28(36)32-25(16-15-22-11-7-5-8-12-22)27(35)31-24-17-19-34(20-18-24)21-23-13-9-6-10-14-23;/h6,9-10,13-14,22,24-26,33H,5,7-8,11-12,15-21H2,1-4H3,(H,31,35)(H,32,36);1H/t25-,26+;/m1./s1. The number of benzene rings is 1. The fraction of sp³-hybridized carbons (Fsp3) is 0.733. The molecule has 0 bridgehead atoms. The van der Waals surface area contributed by atoms with E-state index in [-0.39, 0.29) is 46.1 Å². The minimum Gasteiger partial charge on any atom is -0.367 e. The highest BCUT2D eigenvalue weighted by Gasteiger charge is 2.47. The number of piperidine rings is 1. The Hall–Kier alpha value is -0.860. The highest BCUT2D eigenvalue weighted by Crippen LogP contribution is 2.44. The molecule has 3 aliphatic rings. The van der Waals surface area contributed by atoms with Crippen LogP contribution in [0.3, 0.4) is 0 Å². The molecule has 2 atom stereocenters. The van der Waals surface area contributed by atoms with Gasteiger partial charge >= 0.3 is 0 Å². The van der Waals surface area contributed by atoms with E-state index in [9.17, 15) is 4.79 Å². The summed E-state index contributed by atoms with van der Waals surface area (Å²) in [6.45, 7) is 11.9. The van der Waals surface area contributed by atoms with E-state index < -0.39 is 0 Å². The average molecular weight is 581 g/mol. The highest BCUT2D eigenvalue weighted by molar-refractivity contribution is 8.02. The van der Waals surface area contributed by atoms with Crippen molar-refractivity contribution in [3.8, 4) is 0 Å². The van der Waals surface area contributed by atoms with Gasteiger partial charge in [0.25, 0.3) is 0 Å². The van der Waals surface area contributed by atoms with Crippen molar-refractivity contribution in [2.24, 2.45) is 5.92 Å². The smallest absolute Gasteiger partial charge is 0.242 e.